The van der Waals surface area contributed by atoms with Crippen molar-refractivity contribution in [2.75, 3.05) is 14.2 Å². The molecule has 0 unspecified atom stereocenters. The first kappa shape index (κ1) is 11.4. The quantitative estimate of drug-likeness (QED) is 0.773. The summed E-state index contributed by atoms with van der Waals surface area (Å²) in [5.41, 5.74) is 1.50. The van der Waals surface area contributed by atoms with Crippen LogP contribution in [-0.4, -0.2) is 25.6 Å². The lowest BCUT2D eigenvalue weighted by molar-refractivity contribution is 0.111. The highest BCUT2D eigenvalue weighted by molar-refractivity contribution is 5.85. The first-order chi connectivity index (χ1) is 7.08. The Morgan fingerprint density at radius 2 is 1.60 bits per heavy atom. The predicted octanol–water partition coefficient (Wildman–Crippen LogP) is 1.84. The summed E-state index contributed by atoms with van der Waals surface area (Å²) in [6.07, 6.45) is 0.592. The van der Waals surface area contributed by atoms with Crippen molar-refractivity contribution in [2.45, 2.75) is 13.8 Å². The minimum Gasteiger partial charge on any atom is -0.504 e. The number of carbonyl (C=O) groups excluding carboxylic acids is 1. The van der Waals surface area contributed by atoms with Gasteiger partial charge in [-0.2, -0.15) is 0 Å². The second kappa shape index (κ2) is 4.21. The van der Waals surface area contributed by atoms with Crippen molar-refractivity contribution in [1.82, 2.24) is 0 Å². The molecule has 0 spiro atoms. The lowest BCUT2D eigenvalue weighted by Crippen LogP contribution is -2.00. The molecule has 0 saturated carbocycles. The number of carbonyl (C=O) groups is 1. The highest BCUT2D eigenvalue weighted by atomic mass is 16.5. The van der Waals surface area contributed by atoms with Crippen molar-refractivity contribution in [3.8, 4) is 17.2 Å². The van der Waals surface area contributed by atoms with Gasteiger partial charge < -0.3 is 14.6 Å². The van der Waals surface area contributed by atoms with E-state index in [9.17, 15) is 9.90 Å². The molecule has 0 bridgehead atoms. The molecule has 0 aliphatic rings. The molecule has 0 amide bonds. The van der Waals surface area contributed by atoms with Gasteiger partial charge in [0.1, 0.15) is 5.75 Å². The Labute approximate surface area is 88.4 Å². The van der Waals surface area contributed by atoms with Gasteiger partial charge in [-0.15, -0.1) is 0 Å². The molecule has 15 heavy (non-hydrogen) atoms. The molecule has 0 saturated heterocycles. The summed E-state index contributed by atoms with van der Waals surface area (Å²) in [6, 6.07) is 0. The topological polar surface area (TPSA) is 55.8 Å². The van der Waals surface area contributed by atoms with Crippen LogP contribution in [0.15, 0.2) is 0 Å². The summed E-state index contributed by atoms with van der Waals surface area (Å²) < 4.78 is 10.2. The molecule has 0 aliphatic carbocycles. The van der Waals surface area contributed by atoms with Gasteiger partial charge in [0.2, 0.25) is 0 Å². The molecule has 4 heteroatoms. The normalized spacial score (nSPS) is 9.87. The first-order valence-corrected chi connectivity index (χ1v) is 4.47. The summed E-state index contributed by atoms with van der Waals surface area (Å²) in [7, 11) is 2.95. The molecule has 82 valence electrons. The molecular weight excluding hydrogens is 196 g/mol. The minimum absolute atomic E-state index is 0.136. The molecule has 0 atom stereocenters. The molecule has 0 heterocycles. The van der Waals surface area contributed by atoms with Crippen LogP contribution in [-0.2, 0) is 0 Å². The predicted molar refractivity (Wildman–Crippen MR) is 56.1 cm³/mol. The van der Waals surface area contributed by atoms with Gasteiger partial charge in [0.05, 0.1) is 19.8 Å². The van der Waals surface area contributed by atoms with Crippen LogP contribution in [0.2, 0.25) is 0 Å². The maximum Gasteiger partial charge on any atom is 0.169 e. The van der Waals surface area contributed by atoms with Gasteiger partial charge >= 0.3 is 0 Å². The largest absolute Gasteiger partial charge is 0.504 e. The van der Waals surface area contributed by atoms with E-state index in [1.807, 2.05) is 0 Å². The number of rotatable bonds is 3. The fourth-order valence-electron chi connectivity index (χ4n) is 1.68. The Hall–Kier alpha value is -1.71. The van der Waals surface area contributed by atoms with Gasteiger partial charge in [0, 0.05) is 11.1 Å². The average molecular weight is 210 g/mol. The summed E-state index contributed by atoms with van der Waals surface area (Å²) in [4.78, 5) is 10.8. The van der Waals surface area contributed by atoms with Gasteiger partial charge in [-0.3, -0.25) is 4.79 Å². The Kier molecular flexibility index (Phi) is 3.19. The third-order valence-electron chi connectivity index (χ3n) is 2.42. The van der Waals surface area contributed by atoms with Crippen LogP contribution in [0.4, 0.5) is 0 Å². The number of methoxy groups -OCH3 is 2. The molecule has 0 radical (unpaired) electrons. The SMILES string of the molecule is COc1c(C)c(C=O)c(O)c(OC)c1C. The van der Waals surface area contributed by atoms with Gasteiger partial charge in [-0.1, -0.05) is 0 Å². The fraction of sp³-hybridized carbons (Fsp3) is 0.364. The highest BCUT2D eigenvalue weighted by Gasteiger charge is 2.19. The van der Waals surface area contributed by atoms with Crippen molar-refractivity contribution in [3.05, 3.63) is 16.7 Å². The Bertz CT molecular complexity index is 365. The molecular formula is C11H14O4. The number of benzene rings is 1. The van der Waals surface area contributed by atoms with Crippen LogP contribution in [0, 0.1) is 13.8 Å². The van der Waals surface area contributed by atoms with Gasteiger partial charge in [-0.25, -0.2) is 0 Å². The monoisotopic (exact) mass is 210 g/mol. The third kappa shape index (κ3) is 1.63. The zero-order chi connectivity index (χ0) is 11.6. The van der Waals surface area contributed by atoms with Crippen LogP contribution in [0.5, 0.6) is 17.2 Å². The lowest BCUT2D eigenvalue weighted by Gasteiger charge is -2.16. The number of aromatic hydroxyl groups is 1. The minimum atomic E-state index is -0.136. The third-order valence-corrected chi connectivity index (χ3v) is 2.42. The Morgan fingerprint density at radius 3 is 2.00 bits per heavy atom. The Morgan fingerprint density at radius 1 is 1.07 bits per heavy atom. The molecule has 0 aromatic heterocycles. The zero-order valence-corrected chi connectivity index (χ0v) is 9.25. The van der Waals surface area contributed by atoms with E-state index in [4.69, 9.17) is 9.47 Å². The number of phenols is 1. The lowest BCUT2D eigenvalue weighted by atomic mass is 10.0. The summed E-state index contributed by atoms with van der Waals surface area (Å²) >= 11 is 0. The number of hydrogen-bond donors (Lipinski definition) is 1. The van der Waals surface area contributed by atoms with E-state index in [-0.39, 0.29) is 17.1 Å². The van der Waals surface area contributed by atoms with Gasteiger partial charge in [-0.05, 0) is 13.8 Å². The molecule has 0 fully saturated rings. The first-order valence-electron chi connectivity index (χ1n) is 4.47. The van der Waals surface area contributed by atoms with Crippen molar-refractivity contribution in [2.24, 2.45) is 0 Å². The second-order valence-corrected chi connectivity index (χ2v) is 3.20. The standard InChI is InChI=1S/C11H14O4/c1-6-8(5-12)9(13)11(15-4)7(2)10(6)14-3/h5,13H,1-4H3. The van der Waals surface area contributed by atoms with Crippen molar-refractivity contribution < 1.29 is 19.4 Å². The van der Waals surface area contributed by atoms with Crippen LogP contribution >= 0.6 is 0 Å². The van der Waals surface area contributed by atoms with E-state index in [2.05, 4.69) is 0 Å². The maximum absolute atomic E-state index is 10.8. The second-order valence-electron chi connectivity index (χ2n) is 3.20. The Balaban J connectivity index is 3.64. The van der Waals surface area contributed by atoms with E-state index < -0.39 is 0 Å². The van der Waals surface area contributed by atoms with Crippen molar-refractivity contribution in [1.29, 1.82) is 0 Å². The summed E-state index contributed by atoms with van der Waals surface area (Å²) in [5, 5.41) is 9.76. The van der Waals surface area contributed by atoms with Gasteiger partial charge in [0.25, 0.3) is 0 Å². The van der Waals surface area contributed by atoms with E-state index in [1.54, 1.807) is 13.8 Å². The van der Waals surface area contributed by atoms with E-state index in [0.29, 0.717) is 23.2 Å². The van der Waals surface area contributed by atoms with E-state index >= 15 is 0 Å². The van der Waals surface area contributed by atoms with Gasteiger partial charge in [0.15, 0.2) is 17.8 Å². The molecule has 1 N–H and O–H groups in total. The highest BCUT2D eigenvalue weighted by Crippen LogP contribution is 2.41. The average Bonchev–Trinajstić information content (AvgIpc) is 2.19. The summed E-state index contributed by atoms with van der Waals surface area (Å²) in [6.45, 7) is 3.48. The number of hydrogen-bond acceptors (Lipinski definition) is 4. The molecule has 1 aromatic rings. The molecule has 4 nitrogen and oxygen atoms in total. The fourth-order valence-corrected chi connectivity index (χ4v) is 1.68. The van der Waals surface area contributed by atoms with E-state index in [0.717, 1.165) is 0 Å². The van der Waals surface area contributed by atoms with Crippen LogP contribution in [0.25, 0.3) is 0 Å². The summed E-state index contributed by atoms with van der Waals surface area (Å²) in [5.74, 6) is 0.703. The zero-order valence-electron chi connectivity index (χ0n) is 9.25. The van der Waals surface area contributed by atoms with Crippen LogP contribution in [0.3, 0.4) is 0 Å². The molecule has 1 aromatic carbocycles. The molecule has 1 rings (SSSR count). The van der Waals surface area contributed by atoms with E-state index in [1.165, 1.54) is 14.2 Å². The van der Waals surface area contributed by atoms with Crippen LogP contribution in [0.1, 0.15) is 21.5 Å². The molecule has 0 aliphatic heterocycles. The maximum atomic E-state index is 10.8. The van der Waals surface area contributed by atoms with Crippen molar-refractivity contribution >= 4 is 6.29 Å². The number of ether oxygens (including phenoxy) is 2. The van der Waals surface area contributed by atoms with Crippen LogP contribution < -0.4 is 9.47 Å². The van der Waals surface area contributed by atoms with Crippen molar-refractivity contribution in [3.63, 3.8) is 0 Å². The number of phenolic OH excluding ortho intramolecular Hbond substituents is 1. The number of aldehydes is 1. The smallest absolute Gasteiger partial charge is 0.169 e.